The molecule has 41 heavy (non-hydrogen) atoms. The zero-order valence-electron chi connectivity index (χ0n) is 23.7. The van der Waals surface area contributed by atoms with E-state index in [1.54, 1.807) is 6.08 Å². The van der Waals surface area contributed by atoms with Crippen LogP contribution in [0.2, 0.25) is 0 Å². The molecule has 0 spiro atoms. The van der Waals surface area contributed by atoms with Gasteiger partial charge in [-0.25, -0.2) is 8.78 Å². The van der Waals surface area contributed by atoms with Crippen LogP contribution < -0.4 is 0 Å². The van der Waals surface area contributed by atoms with E-state index in [0.29, 0.717) is 43.7 Å². The van der Waals surface area contributed by atoms with Crippen molar-refractivity contribution in [3.63, 3.8) is 0 Å². The minimum atomic E-state index is -1.09. The Morgan fingerprint density at radius 2 is 1.80 bits per heavy atom. The van der Waals surface area contributed by atoms with Gasteiger partial charge in [-0.05, 0) is 55.0 Å². The summed E-state index contributed by atoms with van der Waals surface area (Å²) < 4.78 is 29.0. The van der Waals surface area contributed by atoms with Crippen LogP contribution in [-0.2, 0) is 10.4 Å². The third-order valence-corrected chi connectivity index (χ3v) is 9.07. The minimum Gasteiger partial charge on any atom is -0.384 e. The van der Waals surface area contributed by atoms with Crippen LogP contribution in [0.15, 0.2) is 84.1 Å². The van der Waals surface area contributed by atoms with Crippen molar-refractivity contribution in [2.75, 3.05) is 26.2 Å². The predicted molar refractivity (Wildman–Crippen MR) is 154 cm³/mol. The van der Waals surface area contributed by atoms with E-state index >= 15 is 4.39 Å². The Kier molecular flexibility index (Phi) is 8.15. The van der Waals surface area contributed by atoms with Crippen LogP contribution in [0.4, 0.5) is 8.78 Å². The highest BCUT2D eigenvalue weighted by Crippen LogP contribution is 2.47. The number of amides is 1. The van der Waals surface area contributed by atoms with Gasteiger partial charge in [-0.15, -0.1) is 0 Å². The summed E-state index contributed by atoms with van der Waals surface area (Å²) >= 11 is 0. The molecule has 0 unspecified atom stereocenters. The lowest BCUT2D eigenvalue weighted by Crippen LogP contribution is -2.57. The summed E-state index contributed by atoms with van der Waals surface area (Å²) in [6, 6.07) is 15.4. The number of benzene rings is 2. The monoisotopic (exact) mass is 557 g/mol. The molecule has 0 saturated carbocycles. The summed E-state index contributed by atoms with van der Waals surface area (Å²) in [5.41, 5.74) is 0.934. The van der Waals surface area contributed by atoms with Gasteiger partial charge < -0.3 is 14.9 Å². The minimum absolute atomic E-state index is 0.0883. The number of carbonyl (C=O) groups is 1. The molecule has 2 aliphatic heterocycles. The molecule has 214 valence electrons. The van der Waals surface area contributed by atoms with Gasteiger partial charge in [0.15, 0.2) is 0 Å². The van der Waals surface area contributed by atoms with Crippen molar-refractivity contribution in [2.24, 2.45) is 11.3 Å². The largest absolute Gasteiger partial charge is 0.384 e. The van der Waals surface area contributed by atoms with Crippen molar-refractivity contribution in [1.82, 2.24) is 9.80 Å². The lowest BCUT2D eigenvalue weighted by atomic mass is 9.66. The van der Waals surface area contributed by atoms with Gasteiger partial charge in [-0.1, -0.05) is 62.4 Å². The summed E-state index contributed by atoms with van der Waals surface area (Å²) in [5, 5.41) is 21.2. The second kappa shape index (κ2) is 11.6. The third-order valence-electron chi connectivity index (χ3n) is 9.07. The van der Waals surface area contributed by atoms with E-state index < -0.39 is 34.5 Å². The average Bonchev–Trinajstić information content (AvgIpc) is 3.43. The first-order valence-corrected chi connectivity index (χ1v) is 14.4. The number of hydrogen-bond acceptors (Lipinski definition) is 4. The van der Waals surface area contributed by atoms with Crippen molar-refractivity contribution < 1.29 is 18.7 Å². The summed E-state index contributed by atoms with van der Waals surface area (Å²) in [6.45, 7) is 5.46. The van der Waals surface area contributed by atoms with Gasteiger partial charge in [0, 0.05) is 54.8 Å². The molecule has 5 nitrogen and oxygen atoms in total. The molecule has 2 saturated heterocycles. The van der Waals surface area contributed by atoms with Gasteiger partial charge in [0.2, 0.25) is 5.91 Å². The number of nitriles is 1. The molecule has 5 rings (SSSR count). The van der Waals surface area contributed by atoms with Gasteiger partial charge in [0.05, 0.1) is 17.6 Å². The molecule has 0 aromatic heterocycles. The van der Waals surface area contributed by atoms with Crippen LogP contribution in [0.5, 0.6) is 0 Å². The molecule has 2 aromatic carbocycles. The van der Waals surface area contributed by atoms with Crippen LogP contribution in [0, 0.1) is 34.3 Å². The van der Waals surface area contributed by atoms with E-state index in [1.807, 2.05) is 61.2 Å². The Hall–Kier alpha value is -3.76. The van der Waals surface area contributed by atoms with E-state index in [1.165, 1.54) is 12.1 Å². The lowest BCUT2D eigenvalue weighted by molar-refractivity contribution is -0.156. The smallest absolute Gasteiger partial charge is 0.228 e. The first-order chi connectivity index (χ1) is 19.6. The van der Waals surface area contributed by atoms with E-state index in [2.05, 4.69) is 17.0 Å². The maximum absolute atomic E-state index is 15.1. The van der Waals surface area contributed by atoms with E-state index in [9.17, 15) is 19.6 Å². The van der Waals surface area contributed by atoms with Crippen LogP contribution in [0.25, 0.3) is 0 Å². The first-order valence-electron chi connectivity index (χ1n) is 14.4. The van der Waals surface area contributed by atoms with Crippen molar-refractivity contribution in [3.05, 3.63) is 107 Å². The highest BCUT2D eigenvalue weighted by Gasteiger charge is 2.51. The molecule has 2 heterocycles. The number of carbonyl (C=O) groups excluding carboxylic acids is 1. The molecule has 2 aromatic rings. The standard InChI is InChI=1S/C34H37F2N3O2/c1-33(2)23-38(18-17-34(33,41)25-10-6-4-7-11-25)32(40)30-22-39(21-29(30)28-16-14-26(35)19-31(28)36)27-12-8-3-5-9-24(20-37)13-15-27/h4,6-7,9-16,19,29-30,41H,3,5,8,17-18,21-23H2,1-2H3/b15-13-,24-9-,27-12-/t29-,30+,34-/m0/s1. The fraction of sp³-hybridized carbons (Fsp3) is 0.412. The second-order valence-electron chi connectivity index (χ2n) is 12.1. The number of halogens is 2. The Bertz CT molecular complexity index is 1430. The molecular weight excluding hydrogens is 520 g/mol. The lowest BCUT2D eigenvalue weighted by Gasteiger charge is -2.51. The van der Waals surface area contributed by atoms with Gasteiger partial charge in [0.25, 0.3) is 0 Å². The number of nitrogens with zero attached hydrogens (tertiary/aromatic N) is 3. The maximum atomic E-state index is 15.1. The van der Waals surface area contributed by atoms with Crippen LogP contribution in [0.3, 0.4) is 0 Å². The fourth-order valence-electron chi connectivity index (χ4n) is 6.63. The van der Waals surface area contributed by atoms with Gasteiger partial charge in [0.1, 0.15) is 11.6 Å². The molecular formula is C34H37F2N3O2. The van der Waals surface area contributed by atoms with Crippen LogP contribution in [-0.4, -0.2) is 47.0 Å². The summed E-state index contributed by atoms with van der Waals surface area (Å²) in [5.74, 6) is -2.43. The fourth-order valence-corrected chi connectivity index (χ4v) is 6.63. The Labute approximate surface area is 241 Å². The predicted octanol–water partition coefficient (Wildman–Crippen LogP) is 6.20. The van der Waals surface area contributed by atoms with Gasteiger partial charge >= 0.3 is 0 Å². The number of aliphatic hydroxyl groups is 1. The Morgan fingerprint density at radius 1 is 1.05 bits per heavy atom. The van der Waals surface area contributed by atoms with Crippen molar-refractivity contribution in [3.8, 4) is 6.07 Å². The molecule has 2 fully saturated rings. The summed E-state index contributed by atoms with van der Waals surface area (Å²) in [7, 11) is 0. The molecule has 1 amide bonds. The van der Waals surface area contributed by atoms with E-state index in [0.717, 1.165) is 36.6 Å². The van der Waals surface area contributed by atoms with Crippen LogP contribution >= 0.6 is 0 Å². The zero-order valence-corrected chi connectivity index (χ0v) is 23.7. The maximum Gasteiger partial charge on any atom is 0.228 e. The second-order valence-corrected chi connectivity index (χ2v) is 12.1. The number of piperidine rings is 1. The Morgan fingerprint density at radius 3 is 2.51 bits per heavy atom. The van der Waals surface area contributed by atoms with Gasteiger partial charge in [-0.2, -0.15) is 5.26 Å². The first kappa shape index (κ1) is 28.8. The highest BCUT2D eigenvalue weighted by atomic mass is 19.1. The molecule has 7 heteroatoms. The normalized spacial score (nSPS) is 29.7. The molecule has 0 radical (unpaired) electrons. The highest BCUT2D eigenvalue weighted by molar-refractivity contribution is 5.81. The SMILES string of the molecule is CC1(C)CN(C(=O)[C@@H]2CN(C3=C\CCC/C=C(C#N)/C=C\3)C[C@H]2c2ccc(F)cc2F)CC[C@]1(O)c1ccccc1. The topological polar surface area (TPSA) is 67.6 Å². The van der Waals surface area contributed by atoms with Crippen molar-refractivity contribution in [1.29, 1.82) is 5.26 Å². The number of likely N-dealkylation sites (tertiary alicyclic amines) is 2. The summed E-state index contributed by atoms with van der Waals surface area (Å²) in [6.07, 6.45) is 10.6. The average molecular weight is 558 g/mol. The number of hydrogen-bond donors (Lipinski definition) is 1. The van der Waals surface area contributed by atoms with Crippen molar-refractivity contribution >= 4 is 5.91 Å². The van der Waals surface area contributed by atoms with Crippen LogP contribution in [0.1, 0.15) is 56.6 Å². The molecule has 0 bridgehead atoms. The number of rotatable bonds is 4. The molecule has 3 aliphatic rings. The zero-order chi connectivity index (χ0) is 29.2. The third kappa shape index (κ3) is 5.71. The molecule has 3 atom stereocenters. The molecule has 1 N–H and O–H groups in total. The number of allylic oxidation sites excluding steroid dienone is 5. The Balaban J connectivity index is 1.44. The van der Waals surface area contributed by atoms with E-state index in [-0.39, 0.29) is 5.91 Å². The van der Waals surface area contributed by atoms with Gasteiger partial charge in [-0.3, -0.25) is 4.79 Å². The summed E-state index contributed by atoms with van der Waals surface area (Å²) in [4.78, 5) is 18.1. The molecule has 1 aliphatic carbocycles. The quantitative estimate of drug-likeness (QED) is 0.486. The van der Waals surface area contributed by atoms with Crippen molar-refractivity contribution in [2.45, 2.75) is 51.0 Å². The van der Waals surface area contributed by atoms with E-state index in [4.69, 9.17) is 0 Å².